The molecular formula is C50H56O12. The highest BCUT2D eigenvalue weighted by Gasteiger charge is 2.66. The summed E-state index contributed by atoms with van der Waals surface area (Å²) in [4.78, 5) is 52.2. The van der Waals surface area contributed by atoms with Gasteiger partial charge in [0.05, 0.1) is 38.3 Å². The highest BCUT2D eigenvalue weighted by Crippen LogP contribution is 2.56. The van der Waals surface area contributed by atoms with E-state index in [0.717, 1.165) is 11.1 Å². The normalized spacial score (nSPS) is 20.6. The number of fused-ring (bicyclic) bond motifs is 2. The Bertz CT molecular complexity index is 2150. The van der Waals surface area contributed by atoms with Crippen LogP contribution in [0.4, 0.5) is 0 Å². The zero-order valence-corrected chi connectivity index (χ0v) is 35.7. The highest BCUT2D eigenvalue weighted by atomic mass is 16.6. The second-order valence-corrected chi connectivity index (χ2v) is 16.7. The first-order valence-corrected chi connectivity index (χ1v) is 21.0. The summed E-state index contributed by atoms with van der Waals surface area (Å²) in [5, 5.41) is 20.7. The molecule has 4 aromatic carbocycles. The molecule has 0 radical (unpaired) electrons. The number of hydrogen-bond acceptors (Lipinski definition) is 10. The summed E-state index contributed by atoms with van der Waals surface area (Å²) in [6, 6.07) is 36.2. The number of hydrogen-bond donors (Lipinski definition) is 2. The number of ether oxygens (including phenoxy) is 6. The molecule has 0 amide bonds. The Kier molecular flexibility index (Phi) is 14.9. The minimum absolute atomic E-state index is 0.0358. The Hall–Kier alpha value is -5.98. The number of benzene rings is 4. The maximum Gasteiger partial charge on any atom is 0.324 e. The molecule has 1 saturated carbocycles. The third-order valence-electron chi connectivity index (χ3n) is 12.3. The lowest BCUT2D eigenvalue weighted by molar-refractivity contribution is -0.190. The maximum atomic E-state index is 13.5. The molecule has 0 heterocycles. The molecule has 0 spiro atoms. The molecule has 328 valence electrons. The molecular weight excluding hydrogens is 793 g/mol. The van der Waals surface area contributed by atoms with Gasteiger partial charge in [-0.3, -0.25) is 19.2 Å². The van der Waals surface area contributed by atoms with E-state index in [0.29, 0.717) is 11.5 Å². The highest BCUT2D eigenvalue weighted by molar-refractivity contribution is 6.02. The van der Waals surface area contributed by atoms with Gasteiger partial charge < -0.3 is 38.6 Å². The van der Waals surface area contributed by atoms with Crippen molar-refractivity contribution >= 4 is 23.9 Å². The molecule has 2 N–H and O–H groups in total. The predicted molar refractivity (Wildman–Crippen MR) is 230 cm³/mol. The Morgan fingerprint density at radius 3 is 1.44 bits per heavy atom. The Balaban J connectivity index is 0.907. The predicted octanol–water partition coefficient (Wildman–Crippen LogP) is 7.51. The first kappa shape index (κ1) is 45.5. The Morgan fingerprint density at radius 2 is 0.984 bits per heavy atom. The van der Waals surface area contributed by atoms with Crippen molar-refractivity contribution in [3.05, 3.63) is 144 Å². The summed E-state index contributed by atoms with van der Waals surface area (Å²) in [5.41, 5.74) is 2.14. The third kappa shape index (κ3) is 10.2. The van der Waals surface area contributed by atoms with Crippen molar-refractivity contribution in [1.29, 1.82) is 0 Å². The van der Waals surface area contributed by atoms with Crippen LogP contribution in [0.2, 0.25) is 0 Å². The van der Waals surface area contributed by atoms with Crippen molar-refractivity contribution in [3.8, 4) is 11.5 Å². The first-order valence-electron chi connectivity index (χ1n) is 21.0. The number of aliphatic carboxylic acids is 2. The summed E-state index contributed by atoms with van der Waals surface area (Å²) in [6.45, 7) is 9.14. The molecule has 0 saturated heterocycles. The molecule has 0 aliphatic heterocycles. The maximum absolute atomic E-state index is 13.5. The van der Waals surface area contributed by atoms with Crippen LogP contribution >= 0.6 is 0 Å². The van der Waals surface area contributed by atoms with Crippen molar-refractivity contribution in [2.75, 3.05) is 52.9 Å². The summed E-state index contributed by atoms with van der Waals surface area (Å²) in [7, 11) is 0. The molecule has 12 nitrogen and oxygen atoms in total. The van der Waals surface area contributed by atoms with Gasteiger partial charge in [0.15, 0.2) is 5.41 Å². The number of esters is 2. The van der Waals surface area contributed by atoms with Crippen LogP contribution in [-0.2, 0) is 49.0 Å². The second kappa shape index (κ2) is 20.3. The summed E-state index contributed by atoms with van der Waals surface area (Å²) < 4.78 is 33.6. The average molecular weight is 849 g/mol. The van der Waals surface area contributed by atoms with E-state index in [2.05, 4.69) is 52.0 Å². The van der Waals surface area contributed by atoms with E-state index in [4.69, 9.17) is 28.4 Å². The van der Waals surface area contributed by atoms with Crippen LogP contribution in [-0.4, -0.2) is 86.9 Å². The fraction of sp³-hybridized carbons (Fsp3) is 0.400. The molecule has 4 aromatic rings. The zero-order valence-electron chi connectivity index (χ0n) is 35.7. The van der Waals surface area contributed by atoms with Gasteiger partial charge >= 0.3 is 23.9 Å². The standard InChI is InChI=1S/C50H56O12/c1-48(2,35-11-7-5-8-12-35)37-16-20-39(21-17-37)59-29-25-57-27-31-61-45(53)42-34-15-24-41(43(42)44(51)52)50(33-34,46(54)55)47(56)62-32-28-58-26-30-60-40-22-18-38(19-23-40)49(3,4)36-13-9-6-10-14-36/h5-24,34,41-43H,25-33H2,1-4H3,(H,51,52)(H,54,55). The van der Waals surface area contributed by atoms with Gasteiger partial charge in [-0.1, -0.05) is 125 Å². The van der Waals surface area contributed by atoms with Crippen LogP contribution in [0.25, 0.3) is 0 Å². The van der Waals surface area contributed by atoms with E-state index >= 15 is 0 Å². The summed E-state index contributed by atoms with van der Waals surface area (Å²) in [6.07, 6.45) is 2.67. The van der Waals surface area contributed by atoms with Gasteiger partial charge in [-0.15, -0.1) is 0 Å². The van der Waals surface area contributed by atoms with Crippen molar-refractivity contribution in [3.63, 3.8) is 0 Å². The van der Waals surface area contributed by atoms with Crippen LogP contribution in [0.1, 0.15) is 56.4 Å². The average Bonchev–Trinajstić information content (AvgIpc) is 3.28. The Labute approximate surface area is 362 Å². The van der Waals surface area contributed by atoms with Crippen LogP contribution in [0, 0.1) is 29.1 Å². The lowest BCUT2D eigenvalue weighted by Crippen LogP contribution is -2.60. The molecule has 1 fully saturated rings. The monoisotopic (exact) mass is 848 g/mol. The number of carboxylic acid groups (broad SMARTS) is 2. The number of carbonyl (C=O) groups excluding carboxylic acids is 2. The van der Waals surface area contributed by atoms with Gasteiger partial charge in [0.2, 0.25) is 0 Å². The first-order chi connectivity index (χ1) is 29.8. The lowest BCUT2D eigenvalue weighted by Gasteiger charge is -2.49. The molecule has 3 aliphatic carbocycles. The van der Waals surface area contributed by atoms with Gasteiger partial charge in [-0.25, -0.2) is 0 Å². The van der Waals surface area contributed by atoms with Crippen molar-refractivity contribution in [2.24, 2.45) is 29.1 Å². The van der Waals surface area contributed by atoms with E-state index in [1.165, 1.54) is 17.2 Å². The minimum atomic E-state index is -2.20. The van der Waals surface area contributed by atoms with Crippen LogP contribution < -0.4 is 9.47 Å². The largest absolute Gasteiger partial charge is 0.491 e. The molecule has 3 aliphatic rings. The van der Waals surface area contributed by atoms with Gasteiger partial charge in [0.25, 0.3) is 0 Å². The summed E-state index contributed by atoms with van der Waals surface area (Å²) >= 11 is 0. The molecule has 0 aromatic heterocycles. The minimum Gasteiger partial charge on any atom is -0.491 e. The van der Waals surface area contributed by atoms with Crippen molar-refractivity contribution in [1.82, 2.24) is 0 Å². The van der Waals surface area contributed by atoms with Crippen LogP contribution in [0.5, 0.6) is 11.5 Å². The molecule has 2 bridgehead atoms. The smallest absolute Gasteiger partial charge is 0.324 e. The van der Waals surface area contributed by atoms with Gasteiger partial charge in [0, 0.05) is 16.7 Å². The van der Waals surface area contributed by atoms with Gasteiger partial charge in [-0.05, 0) is 58.9 Å². The van der Waals surface area contributed by atoms with E-state index in [1.807, 2.05) is 84.9 Å². The molecule has 62 heavy (non-hydrogen) atoms. The molecule has 5 atom stereocenters. The molecule has 5 unspecified atom stereocenters. The SMILES string of the molecule is CC(C)(c1ccccc1)c1ccc(OCCOCCOC(=O)C2C3C=CC(C2C(=O)O)C(C(=O)O)(C(=O)OCCOCCOc2ccc(C(C)(C)c4ccccc4)cc2)C3)cc1. The second-order valence-electron chi connectivity index (χ2n) is 16.7. The molecule has 12 heteroatoms. The fourth-order valence-corrected chi connectivity index (χ4v) is 8.57. The zero-order chi connectivity index (χ0) is 44.3. The summed E-state index contributed by atoms with van der Waals surface area (Å²) in [5.74, 6) is -8.42. The van der Waals surface area contributed by atoms with Crippen molar-refractivity contribution < 1.29 is 57.8 Å². The van der Waals surface area contributed by atoms with Gasteiger partial charge in [0.1, 0.15) is 37.9 Å². The number of carbonyl (C=O) groups is 4. The lowest BCUT2D eigenvalue weighted by atomic mass is 9.51. The van der Waals surface area contributed by atoms with E-state index in [9.17, 15) is 29.4 Å². The molecule has 7 rings (SSSR count). The van der Waals surface area contributed by atoms with E-state index < -0.39 is 53.0 Å². The number of allylic oxidation sites excluding steroid dienone is 2. The third-order valence-corrected chi connectivity index (χ3v) is 12.3. The number of carboxylic acids is 2. The Morgan fingerprint density at radius 1 is 0.548 bits per heavy atom. The topological polar surface area (TPSA) is 164 Å². The van der Waals surface area contributed by atoms with Crippen LogP contribution in [0.15, 0.2) is 121 Å². The quantitative estimate of drug-likeness (QED) is 0.0347. The van der Waals surface area contributed by atoms with E-state index in [1.54, 1.807) is 6.08 Å². The van der Waals surface area contributed by atoms with Gasteiger partial charge in [-0.2, -0.15) is 0 Å². The van der Waals surface area contributed by atoms with Crippen molar-refractivity contribution in [2.45, 2.75) is 44.9 Å². The fourth-order valence-electron chi connectivity index (χ4n) is 8.57. The number of rotatable bonds is 22. The van der Waals surface area contributed by atoms with Crippen LogP contribution in [0.3, 0.4) is 0 Å². The van der Waals surface area contributed by atoms with E-state index in [-0.39, 0.29) is 70.1 Å².